The topological polar surface area (TPSA) is 48.5 Å². The summed E-state index contributed by atoms with van der Waals surface area (Å²) in [6.45, 7) is 3.22. The smallest absolute Gasteiger partial charge is 0.321 e. The Morgan fingerprint density at radius 2 is 1.96 bits per heavy atom. The second-order valence-corrected chi connectivity index (χ2v) is 7.46. The lowest BCUT2D eigenvalue weighted by Gasteiger charge is -2.32. The molecule has 7 heteroatoms. The molecule has 1 saturated heterocycles. The molecule has 2 aromatic carbocycles. The van der Waals surface area contributed by atoms with E-state index in [0.717, 1.165) is 52.7 Å². The van der Waals surface area contributed by atoms with E-state index in [1.165, 1.54) is 23.5 Å². The van der Waals surface area contributed by atoms with E-state index in [-0.39, 0.29) is 11.8 Å². The fraction of sp³-hybridized carbons (Fsp3) is 0.263. The summed E-state index contributed by atoms with van der Waals surface area (Å²) in [6.07, 6.45) is 0. The molecule has 0 bridgehead atoms. The molecule has 0 unspecified atom stereocenters. The molecular formula is C19H19FN4OS. The van der Waals surface area contributed by atoms with Gasteiger partial charge in [0.2, 0.25) is 0 Å². The van der Waals surface area contributed by atoms with Gasteiger partial charge < -0.3 is 15.1 Å². The van der Waals surface area contributed by atoms with Crippen molar-refractivity contribution in [2.75, 3.05) is 38.5 Å². The van der Waals surface area contributed by atoms with E-state index in [4.69, 9.17) is 0 Å². The molecule has 5 nitrogen and oxygen atoms in total. The van der Waals surface area contributed by atoms with E-state index in [9.17, 15) is 9.18 Å². The van der Waals surface area contributed by atoms with Crippen LogP contribution in [-0.4, -0.2) is 54.0 Å². The van der Waals surface area contributed by atoms with E-state index >= 15 is 0 Å². The predicted molar refractivity (Wildman–Crippen MR) is 103 cm³/mol. The summed E-state index contributed by atoms with van der Waals surface area (Å²) < 4.78 is 14.4. The molecule has 1 aliphatic rings. The van der Waals surface area contributed by atoms with Crippen molar-refractivity contribution in [1.29, 1.82) is 0 Å². The zero-order valence-electron chi connectivity index (χ0n) is 14.4. The lowest BCUT2D eigenvalue weighted by atomic mass is 10.2. The number of aromatic nitrogens is 1. The number of thiazole rings is 1. The molecule has 1 aromatic heterocycles. The number of carbonyl (C=O) groups is 1. The number of fused-ring (bicyclic) bond motifs is 1. The monoisotopic (exact) mass is 370 g/mol. The van der Waals surface area contributed by atoms with Crippen LogP contribution in [0.25, 0.3) is 20.8 Å². The highest BCUT2D eigenvalue weighted by Gasteiger charge is 2.19. The molecule has 1 aliphatic heterocycles. The third-order valence-electron chi connectivity index (χ3n) is 4.50. The second-order valence-electron chi connectivity index (χ2n) is 6.43. The van der Waals surface area contributed by atoms with Crippen molar-refractivity contribution in [1.82, 2.24) is 14.8 Å². The fourth-order valence-electron chi connectivity index (χ4n) is 2.96. The summed E-state index contributed by atoms with van der Waals surface area (Å²) in [4.78, 5) is 21.0. The largest absolute Gasteiger partial charge is 0.322 e. The van der Waals surface area contributed by atoms with Crippen LogP contribution >= 0.6 is 11.3 Å². The normalized spacial score (nSPS) is 15.4. The first-order chi connectivity index (χ1) is 12.6. The van der Waals surface area contributed by atoms with Gasteiger partial charge in [-0.05, 0) is 37.4 Å². The average Bonchev–Trinajstić information content (AvgIpc) is 3.05. The van der Waals surface area contributed by atoms with E-state index in [1.807, 2.05) is 29.2 Å². The van der Waals surface area contributed by atoms with Crippen molar-refractivity contribution in [2.45, 2.75) is 0 Å². The zero-order chi connectivity index (χ0) is 18.1. The van der Waals surface area contributed by atoms with E-state index < -0.39 is 0 Å². The third kappa shape index (κ3) is 3.54. The molecule has 4 rings (SSSR count). The lowest BCUT2D eigenvalue weighted by Crippen LogP contribution is -2.48. The molecule has 0 radical (unpaired) electrons. The zero-order valence-corrected chi connectivity index (χ0v) is 15.2. The Hall–Kier alpha value is -2.51. The van der Waals surface area contributed by atoms with Crippen molar-refractivity contribution in [3.63, 3.8) is 0 Å². The van der Waals surface area contributed by atoms with Crippen LogP contribution in [0.5, 0.6) is 0 Å². The quantitative estimate of drug-likeness (QED) is 0.745. The summed E-state index contributed by atoms with van der Waals surface area (Å²) in [5.74, 6) is -0.276. The number of amides is 2. The number of hydrogen-bond acceptors (Lipinski definition) is 4. The van der Waals surface area contributed by atoms with Gasteiger partial charge in [0.1, 0.15) is 10.8 Å². The predicted octanol–water partition coefficient (Wildman–Crippen LogP) is 3.88. The van der Waals surface area contributed by atoms with Crippen LogP contribution in [0.2, 0.25) is 0 Å². The molecule has 0 spiro atoms. The second kappa shape index (κ2) is 7.01. The minimum atomic E-state index is -0.276. The van der Waals surface area contributed by atoms with Gasteiger partial charge >= 0.3 is 6.03 Å². The maximum absolute atomic E-state index is 13.4. The van der Waals surface area contributed by atoms with Crippen LogP contribution < -0.4 is 5.32 Å². The Bertz CT molecular complexity index is 950. The van der Waals surface area contributed by atoms with Gasteiger partial charge in [-0.2, -0.15) is 0 Å². The summed E-state index contributed by atoms with van der Waals surface area (Å²) in [5.41, 5.74) is 2.28. The SMILES string of the molecule is CN1CCN(C(=O)Nc2ccc3sc(-c4cccc(F)c4)nc3c2)CC1. The number of halogens is 1. The Labute approximate surface area is 155 Å². The maximum Gasteiger partial charge on any atom is 0.321 e. The number of nitrogens with one attached hydrogen (secondary N) is 1. The molecule has 0 aliphatic carbocycles. The lowest BCUT2D eigenvalue weighted by molar-refractivity contribution is 0.164. The van der Waals surface area contributed by atoms with Crippen LogP contribution in [0.1, 0.15) is 0 Å². The summed E-state index contributed by atoms with van der Waals surface area (Å²) in [6, 6.07) is 12.0. The number of nitrogens with zero attached hydrogens (tertiary/aromatic N) is 3. The highest BCUT2D eigenvalue weighted by Crippen LogP contribution is 2.31. The minimum Gasteiger partial charge on any atom is -0.322 e. The van der Waals surface area contributed by atoms with Gasteiger partial charge in [0.25, 0.3) is 0 Å². The molecule has 26 heavy (non-hydrogen) atoms. The van der Waals surface area contributed by atoms with E-state index in [2.05, 4.69) is 22.2 Å². The van der Waals surface area contributed by atoms with Crippen LogP contribution in [0.15, 0.2) is 42.5 Å². The van der Waals surface area contributed by atoms with Gasteiger partial charge in [0, 0.05) is 37.4 Å². The Balaban J connectivity index is 1.53. The van der Waals surface area contributed by atoms with Crippen molar-refractivity contribution in [3.8, 4) is 10.6 Å². The van der Waals surface area contributed by atoms with Crippen LogP contribution in [0.3, 0.4) is 0 Å². The van der Waals surface area contributed by atoms with Gasteiger partial charge in [-0.15, -0.1) is 11.3 Å². The molecular weight excluding hydrogens is 351 g/mol. The Morgan fingerprint density at radius 1 is 1.15 bits per heavy atom. The van der Waals surface area contributed by atoms with Gasteiger partial charge in [0.05, 0.1) is 10.2 Å². The molecule has 1 N–H and O–H groups in total. The first-order valence-electron chi connectivity index (χ1n) is 8.49. The molecule has 3 aromatic rings. The first kappa shape index (κ1) is 16.9. The molecule has 2 heterocycles. The molecule has 1 fully saturated rings. The van der Waals surface area contributed by atoms with Crippen molar-refractivity contribution in [2.24, 2.45) is 0 Å². The van der Waals surface area contributed by atoms with Crippen LogP contribution in [-0.2, 0) is 0 Å². The first-order valence-corrected chi connectivity index (χ1v) is 9.31. The fourth-order valence-corrected chi connectivity index (χ4v) is 3.90. The Morgan fingerprint density at radius 3 is 2.73 bits per heavy atom. The number of likely N-dealkylation sites (N-methyl/N-ethyl adjacent to an activating group) is 1. The minimum absolute atomic E-state index is 0.0852. The number of benzene rings is 2. The molecule has 2 amide bonds. The molecule has 0 saturated carbocycles. The van der Waals surface area contributed by atoms with Crippen LogP contribution in [0, 0.1) is 5.82 Å². The van der Waals surface area contributed by atoms with Gasteiger partial charge in [-0.3, -0.25) is 0 Å². The number of urea groups is 1. The van der Waals surface area contributed by atoms with Crippen LogP contribution in [0.4, 0.5) is 14.9 Å². The number of anilines is 1. The third-order valence-corrected chi connectivity index (χ3v) is 5.59. The Kier molecular flexibility index (Phi) is 4.57. The van der Waals surface area contributed by atoms with E-state index in [0.29, 0.717) is 0 Å². The number of rotatable bonds is 2. The highest BCUT2D eigenvalue weighted by atomic mass is 32.1. The van der Waals surface area contributed by atoms with Gasteiger partial charge in [-0.25, -0.2) is 14.2 Å². The number of piperazine rings is 1. The summed E-state index contributed by atoms with van der Waals surface area (Å²) >= 11 is 1.51. The average molecular weight is 370 g/mol. The van der Waals surface area contributed by atoms with E-state index in [1.54, 1.807) is 6.07 Å². The maximum atomic E-state index is 13.4. The standard InChI is InChI=1S/C19H19FN4OS/c1-23-7-9-24(10-8-23)19(25)21-15-5-6-17-16(12-15)22-18(26-17)13-3-2-4-14(20)11-13/h2-6,11-12H,7-10H2,1H3,(H,21,25). The molecule has 134 valence electrons. The summed E-state index contributed by atoms with van der Waals surface area (Å²) in [7, 11) is 2.06. The van der Waals surface area contributed by atoms with Gasteiger partial charge in [0.15, 0.2) is 0 Å². The van der Waals surface area contributed by atoms with Gasteiger partial charge in [-0.1, -0.05) is 12.1 Å². The summed E-state index contributed by atoms with van der Waals surface area (Å²) in [5, 5.41) is 3.72. The van der Waals surface area contributed by atoms with Crippen molar-refractivity contribution >= 4 is 33.3 Å². The van der Waals surface area contributed by atoms with Crippen molar-refractivity contribution < 1.29 is 9.18 Å². The highest BCUT2D eigenvalue weighted by molar-refractivity contribution is 7.21. The number of carbonyl (C=O) groups excluding carboxylic acids is 1. The number of hydrogen-bond donors (Lipinski definition) is 1. The molecule has 0 atom stereocenters. The van der Waals surface area contributed by atoms with Crippen molar-refractivity contribution in [3.05, 3.63) is 48.3 Å².